The number of carboxylic acids is 1. The Morgan fingerprint density at radius 2 is 1.75 bits per heavy atom. The van der Waals surface area contributed by atoms with E-state index in [-0.39, 0.29) is 11.3 Å². The molecule has 2 aromatic rings. The predicted octanol–water partition coefficient (Wildman–Crippen LogP) is 4.24. The second-order valence-corrected chi connectivity index (χ2v) is 4.70. The van der Waals surface area contributed by atoms with Gasteiger partial charge in [0.25, 0.3) is 0 Å². The third kappa shape index (κ3) is 2.64. The molecule has 0 aliphatic rings. The summed E-state index contributed by atoms with van der Waals surface area (Å²) in [6.07, 6.45) is 0. The molecule has 0 unspecified atom stereocenters. The lowest BCUT2D eigenvalue weighted by Crippen LogP contribution is -2.02. The highest BCUT2D eigenvalue weighted by molar-refractivity contribution is 5.91. The van der Waals surface area contributed by atoms with Gasteiger partial charge in [-0.2, -0.15) is 0 Å². The molecule has 4 heteroatoms. The van der Waals surface area contributed by atoms with Crippen LogP contribution in [0.2, 0.25) is 0 Å². The predicted molar refractivity (Wildman–Crippen MR) is 74.1 cm³/mol. The number of ether oxygens (including phenoxy) is 1. The maximum absolute atomic E-state index is 13.2. The Balaban J connectivity index is 2.51. The van der Waals surface area contributed by atoms with Crippen LogP contribution in [0.15, 0.2) is 30.3 Å². The van der Waals surface area contributed by atoms with E-state index in [1.54, 1.807) is 0 Å². The molecule has 0 aliphatic carbocycles. The Morgan fingerprint density at radius 3 is 2.40 bits per heavy atom. The van der Waals surface area contributed by atoms with Crippen molar-refractivity contribution in [2.75, 3.05) is 0 Å². The monoisotopic (exact) mass is 274 g/mol. The van der Waals surface area contributed by atoms with Crippen molar-refractivity contribution in [3.63, 3.8) is 0 Å². The van der Waals surface area contributed by atoms with Gasteiger partial charge < -0.3 is 9.84 Å². The number of hydrogen-bond donors (Lipinski definition) is 1. The number of carboxylic acid groups (broad SMARTS) is 1. The third-order valence-electron chi connectivity index (χ3n) is 3.26. The van der Waals surface area contributed by atoms with E-state index in [2.05, 4.69) is 0 Å². The minimum Gasteiger partial charge on any atom is -0.478 e. The van der Waals surface area contributed by atoms with Crippen molar-refractivity contribution in [3.8, 4) is 11.5 Å². The number of halogens is 1. The third-order valence-corrected chi connectivity index (χ3v) is 3.26. The van der Waals surface area contributed by atoms with Gasteiger partial charge in [0.1, 0.15) is 22.9 Å². The summed E-state index contributed by atoms with van der Waals surface area (Å²) < 4.78 is 18.9. The SMILES string of the molecule is Cc1ccc(C)c(Oc2ccc(F)cc2C(=O)O)c1C. The minimum atomic E-state index is -1.22. The maximum atomic E-state index is 13.2. The van der Waals surface area contributed by atoms with Crippen LogP contribution in [0.3, 0.4) is 0 Å². The van der Waals surface area contributed by atoms with Crippen LogP contribution in [-0.2, 0) is 0 Å². The number of rotatable bonds is 3. The lowest BCUT2D eigenvalue weighted by Gasteiger charge is -2.15. The molecule has 20 heavy (non-hydrogen) atoms. The van der Waals surface area contributed by atoms with Crippen LogP contribution in [0.1, 0.15) is 27.0 Å². The first-order chi connectivity index (χ1) is 9.40. The lowest BCUT2D eigenvalue weighted by atomic mass is 10.1. The Kier molecular flexibility index (Phi) is 3.74. The fourth-order valence-electron chi connectivity index (χ4n) is 1.95. The van der Waals surface area contributed by atoms with Gasteiger partial charge in [-0.15, -0.1) is 0 Å². The molecule has 0 saturated carbocycles. The molecule has 0 bridgehead atoms. The summed E-state index contributed by atoms with van der Waals surface area (Å²) in [7, 11) is 0. The summed E-state index contributed by atoms with van der Waals surface area (Å²) in [5, 5.41) is 9.11. The molecule has 0 radical (unpaired) electrons. The number of carbonyl (C=O) groups is 1. The van der Waals surface area contributed by atoms with E-state index in [4.69, 9.17) is 9.84 Å². The van der Waals surface area contributed by atoms with Gasteiger partial charge in [0.05, 0.1) is 0 Å². The molecule has 2 aromatic carbocycles. The molecule has 0 spiro atoms. The first-order valence-electron chi connectivity index (χ1n) is 6.17. The lowest BCUT2D eigenvalue weighted by molar-refractivity contribution is 0.0693. The Morgan fingerprint density at radius 1 is 1.10 bits per heavy atom. The molecule has 0 aromatic heterocycles. The van der Waals surface area contributed by atoms with E-state index in [0.29, 0.717) is 5.75 Å². The van der Waals surface area contributed by atoms with Crippen molar-refractivity contribution >= 4 is 5.97 Å². The first-order valence-corrected chi connectivity index (χ1v) is 6.17. The van der Waals surface area contributed by atoms with Crippen molar-refractivity contribution < 1.29 is 19.0 Å². The van der Waals surface area contributed by atoms with Gasteiger partial charge in [0.15, 0.2) is 0 Å². The summed E-state index contributed by atoms with van der Waals surface area (Å²) in [4.78, 5) is 11.2. The summed E-state index contributed by atoms with van der Waals surface area (Å²) in [6.45, 7) is 5.73. The van der Waals surface area contributed by atoms with Crippen LogP contribution in [0.4, 0.5) is 4.39 Å². The summed E-state index contributed by atoms with van der Waals surface area (Å²) >= 11 is 0. The van der Waals surface area contributed by atoms with Crippen molar-refractivity contribution in [3.05, 3.63) is 58.4 Å². The van der Waals surface area contributed by atoms with E-state index >= 15 is 0 Å². The van der Waals surface area contributed by atoms with Crippen molar-refractivity contribution in [1.29, 1.82) is 0 Å². The van der Waals surface area contributed by atoms with Crippen LogP contribution in [0.5, 0.6) is 11.5 Å². The molecule has 0 saturated heterocycles. The normalized spacial score (nSPS) is 10.4. The fourth-order valence-corrected chi connectivity index (χ4v) is 1.95. The summed E-state index contributed by atoms with van der Waals surface area (Å²) in [5.74, 6) is -1.08. The average Bonchev–Trinajstić information content (AvgIpc) is 2.40. The van der Waals surface area contributed by atoms with Gasteiger partial charge in [0.2, 0.25) is 0 Å². The van der Waals surface area contributed by atoms with Gasteiger partial charge >= 0.3 is 5.97 Å². The summed E-state index contributed by atoms with van der Waals surface area (Å²) in [5.41, 5.74) is 2.69. The smallest absolute Gasteiger partial charge is 0.339 e. The van der Waals surface area contributed by atoms with Crippen LogP contribution in [0.25, 0.3) is 0 Å². The van der Waals surface area contributed by atoms with Gasteiger partial charge in [-0.05, 0) is 55.7 Å². The van der Waals surface area contributed by atoms with Gasteiger partial charge in [-0.25, -0.2) is 9.18 Å². The highest BCUT2D eigenvalue weighted by Gasteiger charge is 2.15. The van der Waals surface area contributed by atoms with E-state index in [1.165, 1.54) is 12.1 Å². The molecule has 3 nitrogen and oxygen atoms in total. The number of aromatic carboxylic acids is 1. The van der Waals surface area contributed by atoms with Crippen LogP contribution in [0, 0.1) is 26.6 Å². The zero-order valence-electron chi connectivity index (χ0n) is 11.5. The zero-order chi connectivity index (χ0) is 14.9. The first kappa shape index (κ1) is 14.1. The van der Waals surface area contributed by atoms with E-state index in [1.807, 2.05) is 32.9 Å². The van der Waals surface area contributed by atoms with Gasteiger partial charge in [-0.1, -0.05) is 12.1 Å². The molecule has 0 fully saturated rings. The molecule has 0 amide bonds. The standard InChI is InChI=1S/C16H15FO3/c1-9-4-5-10(2)15(11(9)3)20-14-7-6-12(17)8-13(14)16(18)19/h4-8H,1-3H3,(H,18,19). The molecular weight excluding hydrogens is 259 g/mol. The zero-order valence-corrected chi connectivity index (χ0v) is 11.5. The topological polar surface area (TPSA) is 46.5 Å². The van der Waals surface area contributed by atoms with E-state index in [0.717, 1.165) is 22.8 Å². The Hall–Kier alpha value is -2.36. The molecule has 0 atom stereocenters. The summed E-state index contributed by atoms with van der Waals surface area (Å²) in [6, 6.07) is 7.35. The molecule has 104 valence electrons. The molecule has 2 rings (SSSR count). The second kappa shape index (κ2) is 5.33. The molecule has 0 aliphatic heterocycles. The van der Waals surface area contributed by atoms with Crippen LogP contribution < -0.4 is 4.74 Å². The average molecular weight is 274 g/mol. The number of aryl methyl sites for hydroxylation is 2. The van der Waals surface area contributed by atoms with Crippen LogP contribution >= 0.6 is 0 Å². The van der Waals surface area contributed by atoms with E-state index < -0.39 is 11.8 Å². The second-order valence-electron chi connectivity index (χ2n) is 4.70. The molecule has 0 heterocycles. The minimum absolute atomic E-state index is 0.135. The Bertz CT molecular complexity index is 678. The number of benzene rings is 2. The largest absolute Gasteiger partial charge is 0.478 e. The van der Waals surface area contributed by atoms with Gasteiger partial charge in [0, 0.05) is 0 Å². The highest BCUT2D eigenvalue weighted by Crippen LogP contribution is 2.32. The maximum Gasteiger partial charge on any atom is 0.339 e. The highest BCUT2D eigenvalue weighted by atomic mass is 19.1. The van der Waals surface area contributed by atoms with Gasteiger partial charge in [-0.3, -0.25) is 0 Å². The van der Waals surface area contributed by atoms with Crippen molar-refractivity contribution in [1.82, 2.24) is 0 Å². The quantitative estimate of drug-likeness (QED) is 0.910. The van der Waals surface area contributed by atoms with Crippen molar-refractivity contribution in [2.45, 2.75) is 20.8 Å². The molecule has 1 N–H and O–H groups in total. The number of hydrogen-bond acceptors (Lipinski definition) is 2. The molecular formula is C16H15FO3. The van der Waals surface area contributed by atoms with Crippen LogP contribution in [-0.4, -0.2) is 11.1 Å². The van der Waals surface area contributed by atoms with E-state index in [9.17, 15) is 9.18 Å². The fraction of sp³-hybridized carbons (Fsp3) is 0.188. The Labute approximate surface area is 116 Å². The van der Waals surface area contributed by atoms with Crippen molar-refractivity contribution in [2.24, 2.45) is 0 Å².